The summed E-state index contributed by atoms with van der Waals surface area (Å²) in [5, 5.41) is 12.9. The van der Waals surface area contributed by atoms with E-state index in [9.17, 15) is 5.11 Å². The highest BCUT2D eigenvalue weighted by Gasteiger charge is 2.26. The molecule has 4 aromatic rings. The van der Waals surface area contributed by atoms with Crippen LogP contribution in [0.25, 0.3) is 32.5 Å². The number of ether oxygens (including phenoxy) is 1. The van der Waals surface area contributed by atoms with E-state index in [0.717, 1.165) is 73.6 Å². The molecule has 33 heavy (non-hydrogen) atoms. The van der Waals surface area contributed by atoms with Crippen molar-refractivity contribution in [2.45, 2.75) is 25.9 Å². The summed E-state index contributed by atoms with van der Waals surface area (Å²) in [7, 11) is 0. The van der Waals surface area contributed by atoms with Gasteiger partial charge in [-0.3, -0.25) is 4.90 Å². The fourth-order valence-electron chi connectivity index (χ4n) is 5.22. The number of H-pyrrole nitrogens is 1. The minimum absolute atomic E-state index is 0.275. The number of morpholine rings is 1. The molecule has 0 radical (unpaired) electrons. The molecular weight excluding hydrogens is 434 g/mol. The van der Waals surface area contributed by atoms with E-state index in [-0.39, 0.29) is 6.61 Å². The molecule has 4 aromatic heterocycles. The molecule has 2 aliphatic rings. The van der Waals surface area contributed by atoms with Gasteiger partial charge in [0.05, 0.1) is 34.8 Å². The first-order valence-corrected chi connectivity index (χ1v) is 12.6. The third kappa shape index (κ3) is 3.81. The Balaban J connectivity index is 1.48. The fraction of sp³-hybridized carbons (Fsp3) is 0.440. The molecular formula is C25H29N5O2S. The van der Waals surface area contributed by atoms with Gasteiger partial charge < -0.3 is 19.7 Å². The first kappa shape index (κ1) is 21.0. The topological polar surface area (TPSA) is 77.5 Å². The molecule has 0 bridgehead atoms. The lowest BCUT2D eigenvalue weighted by atomic mass is 10.1. The third-order valence-corrected chi connectivity index (χ3v) is 8.05. The average Bonchev–Trinajstić information content (AvgIpc) is 3.59. The molecule has 2 saturated heterocycles. The minimum Gasteiger partial charge on any atom is -0.396 e. The first-order chi connectivity index (χ1) is 16.2. The van der Waals surface area contributed by atoms with Crippen molar-refractivity contribution in [2.24, 2.45) is 5.92 Å². The number of aliphatic hydroxyl groups is 1. The summed E-state index contributed by atoms with van der Waals surface area (Å²) in [6.07, 6.45) is 4.85. The van der Waals surface area contributed by atoms with Crippen LogP contribution in [0.2, 0.25) is 0 Å². The summed E-state index contributed by atoms with van der Waals surface area (Å²) in [6, 6.07) is 6.71. The Morgan fingerprint density at radius 3 is 3.09 bits per heavy atom. The number of aliphatic hydroxyl groups excluding tert-OH is 1. The SMILES string of the molecule is C[C@@H]1COCCN1c1cc(-c2ccnc3[nH]ccc23)nc2c(CN3CC[C@@H](CO)C3)csc12. The molecule has 0 spiro atoms. The van der Waals surface area contributed by atoms with Crippen LogP contribution in [0.5, 0.6) is 0 Å². The largest absolute Gasteiger partial charge is 0.396 e. The van der Waals surface area contributed by atoms with E-state index in [0.29, 0.717) is 12.0 Å². The Kier molecular flexibility index (Phi) is 5.54. The maximum atomic E-state index is 9.56. The van der Waals surface area contributed by atoms with Gasteiger partial charge in [-0.1, -0.05) is 0 Å². The number of hydrogen-bond acceptors (Lipinski definition) is 7. The van der Waals surface area contributed by atoms with Gasteiger partial charge >= 0.3 is 0 Å². The molecule has 7 nitrogen and oxygen atoms in total. The van der Waals surface area contributed by atoms with Crippen molar-refractivity contribution in [3.8, 4) is 11.3 Å². The number of anilines is 1. The molecule has 172 valence electrons. The van der Waals surface area contributed by atoms with E-state index in [4.69, 9.17) is 9.72 Å². The van der Waals surface area contributed by atoms with Crippen LogP contribution in [0, 0.1) is 5.92 Å². The van der Waals surface area contributed by atoms with Crippen LogP contribution >= 0.6 is 11.3 Å². The third-order valence-electron chi connectivity index (χ3n) is 7.01. The number of rotatable bonds is 5. The number of likely N-dealkylation sites (tertiary alicyclic amines) is 1. The van der Waals surface area contributed by atoms with Crippen molar-refractivity contribution >= 4 is 38.3 Å². The van der Waals surface area contributed by atoms with Gasteiger partial charge in [0.2, 0.25) is 0 Å². The van der Waals surface area contributed by atoms with Crippen molar-refractivity contribution in [1.82, 2.24) is 19.9 Å². The molecule has 0 aliphatic carbocycles. The Labute approximate surface area is 197 Å². The number of nitrogens with one attached hydrogen (secondary N) is 1. The quantitative estimate of drug-likeness (QED) is 0.468. The van der Waals surface area contributed by atoms with Gasteiger partial charge in [-0.2, -0.15) is 0 Å². The minimum atomic E-state index is 0.275. The molecule has 0 saturated carbocycles. The van der Waals surface area contributed by atoms with Crippen LogP contribution in [0.3, 0.4) is 0 Å². The lowest BCUT2D eigenvalue weighted by molar-refractivity contribution is 0.0991. The van der Waals surface area contributed by atoms with E-state index in [1.165, 1.54) is 16.0 Å². The number of fused-ring (bicyclic) bond motifs is 2. The summed E-state index contributed by atoms with van der Waals surface area (Å²) in [5.74, 6) is 0.391. The van der Waals surface area contributed by atoms with Gasteiger partial charge in [-0.25, -0.2) is 9.97 Å². The predicted molar refractivity (Wildman–Crippen MR) is 133 cm³/mol. The molecule has 2 N–H and O–H groups in total. The maximum Gasteiger partial charge on any atom is 0.137 e. The molecule has 2 aliphatic heterocycles. The lowest BCUT2D eigenvalue weighted by Gasteiger charge is -2.35. The zero-order valence-corrected chi connectivity index (χ0v) is 19.6. The predicted octanol–water partition coefficient (Wildman–Crippen LogP) is 3.88. The molecule has 0 amide bonds. The lowest BCUT2D eigenvalue weighted by Crippen LogP contribution is -2.43. The first-order valence-electron chi connectivity index (χ1n) is 11.7. The van der Waals surface area contributed by atoms with Crippen LogP contribution in [0.1, 0.15) is 18.9 Å². The number of thiophene rings is 1. The number of nitrogens with zero attached hydrogens (tertiary/aromatic N) is 4. The van der Waals surface area contributed by atoms with E-state index in [2.05, 4.69) is 50.3 Å². The van der Waals surface area contributed by atoms with Crippen LogP contribution in [0.4, 0.5) is 5.69 Å². The molecule has 8 heteroatoms. The van der Waals surface area contributed by atoms with Crippen LogP contribution in [-0.4, -0.2) is 70.5 Å². The van der Waals surface area contributed by atoms with Crippen molar-refractivity contribution in [3.05, 3.63) is 41.5 Å². The number of hydrogen-bond donors (Lipinski definition) is 2. The average molecular weight is 464 g/mol. The number of pyridine rings is 2. The molecule has 2 atom stereocenters. The van der Waals surface area contributed by atoms with Gasteiger partial charge in [-0.05, 0) is 49.4 Å². The van der Waals surface area contributed by atoms with Gasteiger partial charge in [0, 0.05) is 61.2 Å². The summed E-state index contributed by atoms with van der Waals surface area (Å²) >= 11 is 1.80. The highest BCUT2D eigenvalue weighted by atomic mass is 32.1. The molecule has 0 aromatic carbocycles. The summed E-state index contributed by atoms with van der Waals surface area (Å²) in [4.78, 5) is 17.9. The Bertz CT molecular complexity index is 1280. The Morgan fingerprint density at radius 2 is 2.24 bits per heavy atom. The number of aromatic nitrogens is 3. The summed E-state index contributed by atoms with van der Waals surface area (Å²) in [6.45, 7) is 7.74. The zero-order chi connectivity index (χ0) is 22.4. The van der Waals surface area contributed by atoms with E-state index >= 15 is 0 Å². The van der Waals surface area contributed by atoms with Crippen LogP contribution < -0.4 is 4.90 Å². The van der Waals surface area contributed by atoms with Gasteiger partial charge in [-0.15, -0.1) is 11.3 Å². The van der Waals surface area contributed by atoms with Crippen LogP contribution in [-0.2, 0) is 11.3 Å². The second-order valence-electron chi connectivity index (χ2n) is 9.25. The standard InChI is InChI=1S/C25H29N5O2S/c1-16-14-32-9-8-30(16)22-10-21(19-2-5-26-25-20(19)3-6-27-25)28-23-18(15-33-24(22)23)12-29-7-4-17(11-29)13-31/h2-3,5-6,10,15-17,31H,4,7-9,11-14H2,1H3,(H,26,27)/t16-,17-/m1/s1. The van der Waals surface area contributed by atoms with Gasteiger partial charge in [0.25, 0.3) is 0 Å². The van der Waals surface area contributed by atoms with Crippen LogP contribution in [0.15, 0.2) is 36.0 Å². The second kappa shape index (κ2) is 8.68. The van der Waals surface area contributed by atoms with Gasteiger partial charge in [0.1, 0.15) is 5.65 Å². The van der Waals surface area contributed by atoms with E-state index < -0.39 is 0 Å². The summed E-state index contributed by atoms with van der Waals surface area (Å²) in [5.41, 5.74) is 6.59. The van der Waals surface area contributed by atoms with E-state index in [1.54, 1.807) is 11.3 Å². The van der Waals surface area contributed by atoms with E-state index in [1.807, 2.05) is 12.4 Å². The second-order valence-corrected chi connectivity index (χ2v) is 10.1. The molecule has 6 rings (SSSR count). The molecule has 6 heterocycles. The normalized spacial score (nSPS) is 22.1. The Hall–Kier alpha value is -2.52. The van der Waals surface area contributed by atoms with Crippen molar-refractivity contribution < 1.29 is 9.84 Å². The summed E-state index contributed by atoms with van der Waals surface area (Å²) < 4.78 is 6.98. The van der Waals surface area contributed by atoms with Crippen molar-refractivity contribution in [1.29, 1.82) is 0 Å². The Morgan fingerprint density at radius 1 is 1.30 bits per heavy atom. The molecule has 2 fully saturated rings. The zero-order valence-electron chi connectivity index (χ0n) is 18.8. The number of aromatic amines is 1. The monoisotopic (exact) mass is 463 g/mol. The fourth-order valence-corrected chi connectivity index (χ4v) is 6.25. The van der Waals surface area contributed by atoms with Crippen molar-refractivity contribution in [3.63, 3.8) is 0 Å². The smallest absolute Gasteiger partial charge is 0.137 e. The molecule has 0 unspecified atom stereocenters. The highest BCUT2D eigenvalue weighted by Crippen LogP contribution is 2.39. The highest BCUT2D eigenvalue weighted by molar-refractivity contribution is 7.18. The van der Waals surface area contributed by atoms with Crippen molar-refractivity contribution in [2.75, 3.05) is 44.4 Å². The maximum absolute atomic E-state index is 9.56. The van der Waals surface area contributed by atoms with Gasteiger partial charge in [0.15, 0.2) is 0 Å².